The summed E-state index contributed by atoms with van der Waals surface area (Å²) in [6.45, 7) is 7.83. The van der Waals surface area contributed by atoms with Crippen molar-refractivity contribution in [3.05, 3.63) is 59.2 Å². The number of anilines is 1. The summed E-state index contributed by atoms with van der Waals surface area (Å²) in [4.78, 5) is 12.1. The monoisotopic (exact) mass is 283 g/mol. The highest BCUT2D eigenvalue weighted by molar-refractivity contribution is 5.94. The predicted octanol–water partition coefficient (Wildman–Crippen LogP) is 4.02. The van der Waals surface area contributed by atoms with E-state index >= 15 is 0 Å². The number of benzene rings is 2. The van der Waals surface area contributed by atoms with Gasteiger partial charge in [0.25, 0.3) is 5.91 Å². The zero-order valence-electron chi connectivity index (χ0n) is 12.9. The van der Waals surface area contributed by atoms with Gasteiger partial charge in [-0.1, -0.05) is 23.8 Å². The lowest BCUT2D eigenvalue weighted by Crippen LogP contribution is -2.30. The topological polar surface area (TPSA) is 38.3 Å². The maximum absolute atomic E-state index is 12.1. The van der Waals surface area contributed by atoms with Crippen molar-refractivity contribution in [3.8, 4) is 5.75 Å². The number of aryl methyl sites for hydroxylation is 3. The highest BCUT2D eigenvalue weighted by Gasteiger charge is 2.15. The van der Waals surface area contributed by atoms with Gasteiger partial charge in [0.05, 0.1) is 0 Å². The standard InChI is InChI=1S/C18H21NO2/c1-12-5-9-17(10-6-12)21-15(4)18(20)19-16-8-7-13(2)14(3)11-16/h5-11,15H,1-4H3,(H,19,20)/t15-/m0/s1. The summed E-state index contributed by atoms with van der Waals surface area (Å²) >= 11 is 0. The van der Waals surface area contributed by atoms with E-state index in [2.05, 4.69) is 5.32 Å². The summed E-state index contributed by atoms with van der Waals surface area (Å²) in [7, 11) is 0. The van der Waals surface area contributed by atoms with Crippen molar-refractivity contribution in [3.63, 3.8) is 0 Å². The molecule has 0 spiro atoms. The Hall–Kier alpha value is -2.29. The van der Waals surface area contributed by atoms with Crippen LogP contribution >= 0.6 is 0 Å². The molecule has 1 amide bonds. The third kappa shape index (κ3) is 4.09. The SMILES string of the molecule is Cc1ccc(O[C@@H](C)C(=O)Nc2ccc(C)c(C)c2)cc1. The van der Waals surface area contributed by atoms with Crippen LogP contribution in [-0.4, -0.2) is 12.0 Å². The van der Waals surface area contributed by atoms with Crippen LogP contribution in [0.4, 0.5) is 5.69 Å². The van der Waals surface area contributed by atoms with E-state index < -0.39 is 6.10 Å². The first-order valence-electron chi connectivity index (χ1n) is 7.07. The maximum Gasteiger partial charge on any atom is 0.265 e. The summed E-state index contributed by atoms with van der Waals surface area (Å²) in [5, 5.41) is 2.88. The Labute approximate surface area is 126 Å². The fourth-order valence-electron chi connectivity index (χ4n) is 1.94. The molecule has 0 saturated heterocycles. The normalized spacial score (nSPS) is 11.8. The second kappa shape index (κ2) is 6.44. The second-order valence-electron chi connectivity index (χ2n) is 5.36. The summed E-state index contributed by atoms with van der Waals surface area (Å²) in [5.74, 6) is 0.544. The van der Waals surface area contributed by atoms with E-state index in [0.29, 0.717) is 5.75 Å². The van der Waals surface area contributed by atoms with Crippen molar-refractivity contribution in [1.29, 1.82) is 0 Å². The highest BCUT2D eigenvalue weighted by Crippen LogP contribution is 2.16. The number of hydrogen-bond donors (Lipinski definition) is 1. The number of ether oxygens (including phenoxy) is 1. The van der Waals surface area contributed by atoms with E-state index in [9.17, 15) is 4.79 Å². The van der Waals surface area contributed by atoms with Crippen LogP contribution in [0, 0.1) is 20.8 Å². The molecule has 2 rings (SSSR count). The lowest BCUT2D eigenvalue weighted by Gasteiger charge is -2.15. The van der Waals surface area contributed by atoms with E-state index in [1.54, 1.807) is 6.92 Å². The van der Waals surface area contributed by atoms with Crippen LogP contribution in [0.2, 0.25) is 0 Å². The minimum atomic E-state index is -0.547. The Morgan fingerprint density at radius 3 is 2.29 bits per heavy atom. The molecule has 0 bridgehead atoms. The summed E-state index contributed by atoms with van der Waals surface area (Å²) < 4.78 is 5.65. The fraction of sp³-hybridized carbons (Fsp3) is 0.278. The molecule has 0 aliphatic rings. The average Bonchev–Trinajstić information content (AvgIpc) is 2.45. The Kier molecular flexibility index (Phi) is 4.63. The zero-order chi connectivity index (χ0) is 15.4. The van der Waals surface area contributed by atoms with Crippen molar-refractivity contribution in [2.24, 2.45) is 0 Å². The molecule has 0 aliphatic heterocycles. The van der Waals surface area contributed by atoms with E-state index in [4.69, 9.17) is 4.74 Å². The first kappa shape index (κ1) is 15.1. The Bertz CT molecular complexity index is 632. The molecule has 0 fully saturated rings. The summed E-state index contributed by atoms with van der Waals surface area (Å²) in [5.41, 5.74) is 4.31. The third-order valence-electron chi connectivity index (χ3n) is 3.48. The minimum Gasteiger partial charge on any atom is -0.481 e. The van der Waals surface area contributed by atoms with Crippen LogP contribution in [-0.2, 0) is 4.79 Å². The molecule has 2 aromatic rings. The van der Waals surface area contributed by atoms with Gasteiger partial charge in [-0.25, -0.2) is 0 Å². The van der Waals surface area contributed by atoms with Gasteiger partial charge in [0.2, 0.25) is 0 Å². The van der Waals surface area contributed by atoms with Gasteiger partial charge in [0.15, 0.2) is 6.10 Å². The quantitative estimate of drug-likeness (QED) is 0.920. The highest BCUT2D eigenvalue weighted by atomic mass is 16.5. The molecular weight excluding hydrogens is 262 g/mol. The maximum atomic E-state index is 12.1. The fourth-order valence-corrected chi connectivity index (χ4v) is 1.94. The molecule has 0 saturated carbocycles. The number of nitrogens with one attached hydrogen (secondary N) is 1. The minimum absolute atomic E-state index is 0.154. The number of hydrogen-bond acceptors (Lipinski definition) is 2. The van der Waals surface area contributed by atoms with Crippen LogP contribution in [0.15, 0.2) is 42.5 Å². The molecule has 0 unspecified atom stereocenters. The number of rotatable bonds is 4. The first-order chi connectivity index (χ1) is 9.95. The molecule has 1 atom stereocenters. The second-order valence-corrected chi connectivity index (χ2v) is 5.36. The molecule has 0 heterocycles. The van der Waals surface area contributed by atoms with E-state index in [1.165, 1.54) is 5.56 Å². The zero-order valence-corrected chi connectivity index (χ0v) is 12.9. The largest absolute Gasteiger partial charge is 0.481 e. The smallest absolute Gasteiger partial charge is 0.265 e. The molecular formula is C18H21NO2. The lowest BCUT2D eigenvalue weighted by molar-refractivity contribution is -0.122. The number of amides is 1. The van der Waals surface area contributed by atoms with Gasteiger partial charge in [-0.05, 0) is 63.1 Å². The van der Waals surface area contributed by atoms with Gasteiger partial charge < -0.3 is 10.1 Å². The van der Waals surface area contributed by atoms with Crippen LogP contribution in [0.1, 0.15) is 23.6 Å². The average molecular weight is 283 g/mol. The van der Waals surface area contributed by atoms with Crippen molar-refractivity contribution >= 4 is 11.6 Å². The van der Waals surface area contributed by atoms with Crippen LogP contribution in [0.5, 0.6) is 5.75 Å². The molecule has 0 aromatic heterocycles. The molecule has 1 N–H and O–H groups in total. The predicted molar refractivity (Wildman–Crippen MR) is 85.8 cm³/mol. The van der Waals surface area contributed by atoms with Crippen LogP contribution in [0.3, 0.4) is 0 Å². The molecule has 0 aliphatic carbocycles. The molecule has 2 aromatic carbocycles. The van der Waals surface area contributed by atoms with E-state index in [0.717, 1.165) is 16.8 Å². The molecule has 3 heteroatoms. The third-order valence-corrected chi connectivity index (χ3v) is 3.48. The summed E-state index contributed by atoms with van der Waals surface area (Å²) in [6, 6.07) is 13.5. The van der Waals surface area contributed by atoms with Crippen LogP contribution < -0.4 is 10.1 Å². The molecule has 3 nitrogen and oxygen atoms in total. The lowest BCUT2D eigenvalue weighted by atomic mass is 10.1. The van der Waals surface area contributed by atoms with E-state index in [1.807, 2.05) is 63.2 Å². The van der Waals surface area contributed by atoms with Gasteiger partial charge in [0, 0.05) is 5.69 Å². The number of carbonyl (C=O) groups is 1. The molecule has 21 heavy (non-hydrogen) atoms. The van der Waals surface area contributed by atoms with Crippen LogP contribution in [0.25, 0.3) is 0 Å². The van der Waals surface area contributed by atoms with Gasteiger partial charge in [-0.3, -0.25) is 4.79 Å². The Balaban J connectivity index is 1.98. The first-order valence-corrected chi connectivity index (χ1v) is 7.07. The van der Waals surface area contributed by atoms with Gasteiger partial charge in [0.1, 0.15) is 5.75 Å². The Morgan fingerprint density at radius 2 is 1.67 bits per heavy atom. The Morgan fingerprint density at radius 1 is 1.00 bits per heavy atom. The van der Waals surface area contributed by atoms with Crippen molar-refractivity contribution in [2.45, 2.75) is 33.8 Å². The summed E-state index contributed by atoms with van der Waals surface area (Å²) in [6.07, 6.45) is -0.547. The van der Waals surface area contributed by atoms with Gasteiger partial charge in [-0.15, -0.1) is 0 Å². The van der Waals surface area contributed by atoms with Crippen molar-refractivity contribution < 1.29 is 9.53 Å². The van der Waals surface area contributed by atoms with Crippen molar-refractivity contribution in [1.82, 2.24) is 0 Å². The van der Waals surface area contributed by atoms with Crippen molar-refractivity contribution in [2.75, 3.05) is 5.32 Å². The molecule has 0 radical (unpaired) electrons. The van der Waals surface area contributed by atoms with Gasteiger partial charge >= 0.3 is 0 Å². The van der Waals surface area contributed by atoms with Gasteiger partial charge in [-0.2, -0.15) is 0 Å². The number of carbonyl (C=O) groups excluding carboxylic acids is 1. The molecule has 110 valence electrons. The van der Waals surface area contributed by atoms with E-state index in [-0.39, 0.29) is 5.91 Å².